The second-order valence-corrected chi connectivity index (χ2v) is 6.49. The van der Waals surface area contributed by atoms with Crippen molar-refractivity contribution in [2.24, 2.45) is 0 Å². The van der Waals surface area contributed by atoms with Crippen LogP contribution in [0.25, 0.3) is 0 Å². The molecule has 170 valence electrons. The first-order valence-electron chi connectivity index (χ1n) is 9.14. The van der Waals surface area contributed by atoms with E-state index in [1.807, 2.05) is 0 Å². The quantitative estimate of drug-likeness (QED) is 0.627. The van der Waals surface area contributed by atoms with E-state index in [0.717, 1.165) is 13.1 Å². The Labute approximate surface area is 174 Å². The molecule has 3 rings (SSSR count). The van der Waals surface area contributed by atoms with Crippen molar-refractivity contribution < 1.29 is 42.2 Å². The number of methoxy groups -OCH3 is 1. The number of carbonyl (C=O) groups is 4. The number of anilines is 1. The monoisotopic (exact) mass is 446 g/mol. The zero-order chi connectivity index (χ0) is 23.2. The molecule has 2 aliphatic rings. The molecule has 4 amide bonds. The molecule has 0 saturated carbocycles. The summed E-state index contributed by atoms with van der Waals surface area (Å²) in [6.45, 7) is 3.18. The van der Waals surface area contributed by atoms with Crippen LogP contribution in [0.15, 0.2) is 18.2 Å². The van der Waals surface area contributed by atoms with Crippen LogP contribution in [0.5, 0.6) is 5.75 Å². The first kappa shape index (κ1) is 23.9. The molecule has 0 unspecified atom stereocenters. The lowest BCUT2D eigenvalue weighted by Crippen LogP contribution is -2.49. The molecule has 1 aromatic carbocycles. The number of rotatable bonds is 3. The average molecular weight is 446 g/mol. The molecule has 2 fully saturated rings. The van der Waals surface area contributed by atoms with Crippen molar-refractivity contribution in [1.29, 1.82) is 0 Å². The largest absolute Gasteiger partial charge is 0.495 e. The van der Waals surface area contributed by atoms with Gasteiger partial charge in [0.1, 0.15) is 5.75 Å². The number of halogens is 3. The third kappa shape index (κ3) is 6.31. The van der Waals surface area contributed by atoms with Gasteiger partial charge in [0, 0.05) is 44.7 Å². The number of carboxylic acids is 1. The maximum absolute atomic E-state index is 12.6. The lowest BCUT2D eigenvalue weighted by molar-refractivity contribution is -0.192. The first-order chi connectivity index (χ1) is 14.5. The van der Waals surface area contributed by atoms with E-state index in [9.17, 15) is 27.6 Å². The highest BCUT2D eigenvalue weighted by Gasteiger charge is 2.38. The fourth-order valence-corrected chi connectivity index (χ4v) is 2.88. The van der Waals surface area contributed by atoms with Crippen LogP contribution >= 0.6 is 0 Å². The Hall–Kier alpha value is -3.35. The molecule has 0 aliphatic carbocycles. The number of urea groups is 1. The van der Waals surface area contributed by atoms with Crippen molar-refractivity contribution in [3.05, 3.63) is 23.8 Å². The third-order valence-corrected chi connectivity index (χ3v) is 4.42. The smallest absolute Gasteiger partial charge is 0.490 e. The predicted molar refractivity (Wildman–Crippen MR) is 101 cm³/mol. The lowest BCUT2D eigenvalue weighted by Gasteiger charge is -2.29. The van der Waals surface area contributed by atoms with Gasteiger partial charge in [-0.2, -0.15) is 13.2 Å². The van der Waals surface area contributed by atoms with Crippen molar-refractivity contribution in [2.45, 2.75) is 12.6 Å². The van der Waals surface area contributed by atoms with Gasteiger partial charge in [0.2, 0.25) is 5.91 Å². The van der Waals surface area contributed by atoms with Gasteiger partial charge in [-0.1, -0.05) is 0 Å². The van der Waals surface area contributed by atoms with E-state index in [0.29, 0.717) is 30.1 Å². The third-order valence-electron chi connectivity index (χ3n) is 4.42. The fraction of sp³-hybridized carbons (Fsp3) is 0.444. The van der Waals surface area contributed by atoms with Gasteiger partial charge in [0.05, 0.1) is 12.8 Å². The maximum Gasteiger partial charge on any atom is 0.490 e. The number of hydrogen-bond acceptors (Lipinski definition) is 6. The van der Waals surface area contributed by atoms with Crippen molar-refractivity contribution in [2.75, 3.05) is 44.7 Å². The summed E-state index contributed by atoms with van der Waals surface area (Å²) in [7, 11) is 1.49. The number of ether oxygens (including phenoxy) is 1. The van der Waals surface area contributed by atoms with E-state index in [4.69, 9.17) is 14.6 Å². The SMILES string of the molecule is COc1cc(C(=O)N2CCNCC2)ccc1N1CCC(=O)NC1=O.O=C(O)C(F)(F)F. The Morgan fingerprint density at radius 3 is 2.26 bits per heavy atom. The predicted octanol–water partition coefficient (Wildman–Crippen LogP) is 0.820. The highest BCUT2D eigenvalue weighted by molar-refractivity contribution is 6.06. The number of alkyl halides is 3. The number of piperazine rings is 1. The molecular formula is C18H21F3N4O6. The van der Waals surface area contributed by atoms with Crippen molar-refractivity contribution in [1.82, 2.24) is 15.5 Å². The molecule has 0 atom stereocenters. The Morgan fingerprint density at radius 1 is 1.13 bits per heavy atom. The number of aliphatic carboxylic acids is 1. The fourth-order valence-electron chi connectivity index (χ4n) is 2.88. The molecule has 0 aromatic heterocycles. The van der Waals surface area contributed by atoms with Gasteiger partial charge in [-0.3, -0.25) is 19.8 Å². The van der Waals surface area contributed by atoms with Crippen molar-refractivity contribution in [3.8, 4) is 5.75 Å². The van der Waals surface area contributed by atoms with Crippen LogP contribution in [0.3, 0.4) is 0 Å². The standard InChI is InChI=1S/C16H20N4O4.C2HF3O2/c1-24-13-10-11(15(22)19-8-5-17-6-9-19)2-3-12(13)20-7-4-14(21)18-16(20)23;3-2(4,5)1(6)7/h2-3,10,17H,4-9H2,1H3,(H,18,21,23);(H,6,7). The first-order valence-corrected chi connectivity index (χ1v) is 9.14. The van der Waals surface area contributed by atoms with Gasteiger partial charge >= 0.3 is 18.2 Å². The highest BCUT2D eigenvalue weighted by Crippen LogP contribution is 2.31. The zero-order valence-corrected chi connectivity index (χ0v) is 16.5. The minimum Gasteiger partial charge on any atom is -0.495 e. The van der Waals surface area contributed by atoms with Crippen LogP contribution in [-0.2, 0) is 9.59 Å². The summed E-state index contributed by atoms with van der Waals surface area (Å²) in [5.41, 5.74) is 1.06. The maximum atomic E-state index is 12.6. The second kappa shape index (κ2) is 10.1. The Balaban J connectivity index is 0.000000423. The Bertz CT molecular complexity index is 855. The number of hydrogen-bond donors (Lipinski definition) is 3. The number of amides is 4. The van der Waals surface area contributed by atoms with E-state index in [-0.39, 0.29) is 24.8 Å². The molecular weight excluding hydrogens is 425 g/mol. The number of nitrogens with one attached hydrogen (secondary N) is 2. The molecule has 31 heavy (non-hydrogen) atoms. The topological polar surface area (TPSA) is 128 Å². The molecule has 2 heterocycles. The summed E-state index contributed by atoms with van der Waals surface area (Å²) < 4.78 is 37.1. The van der Waals surface area contributed by atoms with Gasteiger partial charge < -0.3 is 20.1 Å². The van der Waals surface area contributed by atoms with E-state index < -0.39 is 18.2 Å². The average Bonchev–Trinajstić information content (AvgIpc) is 2.73. The van der Waals surface area contributed by atoms with Crippen LogP contribution in [0.1, 0.15) is 16.8 Å². The normalized spacial score (nSPS) is 16.8. The minimum absolute atomic E-state index is 0.0559. The molecule has 2 saturated heterocycles. The summed E-state index contributed by atoms with van der Waals surface area (Å²) in [5.74, 6) is -2.67. The minimum atomic E-state index is -5.08. The van der Waals surface area contributed by atoms with Crippen LogP contribution in [0.4, 0.5) is 23.7 Å². The summed E-state index contributed by atoms with van der Waals surface area (Å²) in [6, 6.07) is 4.53. The molecule has 0 radical (unpaired) electrons. The molecule has 3 N–H and O–H groups in total. The Kier molecular flexibility index (Phi) is 7.80. The van der Waals surface area contributed by atoms with Crippen LogP contribution in [0, 0.1) is 0 Å². The molecule has 13 heteroatoms. The highest BCUT2D eigenvalue weighted by atomic mass is 19.4. The number of nitrogens with zero attached hydrogens (tertiary/aromatic N) is 2. The van der Waals surface area contributed by atoms with Crippen LogP contribution in [0.2, 0.25) is 0 Å². The van der Waals surface area contributed by atoms with E-state index >= 15 is 0 Å². The number of carbonyl (C=O) groups excluding carboxylic acids is 3. The molecule has 0 bridgehead atoms. The number of benzene rings is 1. The molecule has 1 aromatic rings. The van der Waals surface area contributed by atoms with Crippen molar-refractivity contribution >= 4 is 29.5 Å². The molecule has 10 nitrogen and oxygen atoms in total. The van der Waals surface area contributed by atoms with Gasteiger partial charge in [0.15, 0.2) is 0 Å². The summed E-state index contributed by atoms with van der Waals surface area (Å²) in [5, 5.41) is 12.6. The van der Waals surface area contributed by atoms with E-state index in [1.54, 1.807) is 23.1 Å². The number of imide groups is 1. The summed E-state index contributed by atoms with van der Waals surface area (Å²) >= 11 is 0. The zero-order valence-electron chi connectivity index (χ0n) is 16.5. The summed E-state index contributed by atoms with van der Waals surface area (Å²) in [4.78, 5) is 48.0. The van der Waals surface area contributed by atoms with Crippen LogP contribution in [-0.4, -0.2) is 79.8 Å². The van der Waals surface area contributed by atoms with Crippen LogP contribution < -0.4 is 20.3 Å². The summed E-state index contributed by atoms with van der Waals surface area (Å²) in [6.07, 6.45) is -4.85. The number of carboxylic acid groups (broad SMARTS) is 1. The van der Waals surface area contributed by atoms with E-state index in [2.05, 4.69) is 10.6 Å². The van der Waals surface area contributed by atoms with Gasteiger partial charge in [-0.25, -0.2) is 9.59 Å². The van der Waals surface area contributed by atoms with Gasteiger partial charge in [-0.15, -0.1) is 0 Å². The lowest BCUT2D eigenvalue weighted by atomic mass is 10.1. The Morgan fingerprint density at radius 2 is 1.74 bits per heavy atom. The molecule has 0 spiro atoms. The van der Waals surface area contributed by atoms with Crippen molar-refractivity contribution in [3.63, 3.8) is 0 Å². The van der Waals surface area contributed by atoms with Gasteiger partial charge in [-0.05, 0) is 18.2 Å². The molecule has 2 aliphatic heterocycles. The van der Waals surface area contributed by atoms with E-state index in [1.165, 1.54) is 12.0 Å². The van der Waals surface area contributed by atoms with Gasteiger partial charge in [0.25, 0.3) is 5.91 Å². The second-order valence-electron chi connectivity index (χ2n) is 6.49.